The molecule has 1 saturated carbocycles. The van der Waals surface area contributed by atoms with Crippen molar-refractivity contribution in [2.45, 2.75) is 31.7 Å². The minimum atomic E-state index is -0.126. The van der Waals surface area contributed by atoms with Crippen molar-refractivity contribution in [3.8, 4) is 0 Å². The van der Waals surface area contributed by atoms with E-state index < -0.39 is 0 Å². The highest BCUT2D eigenvalue weighted by Crippen LogP contribution is 2.48. The number of guanidine groups is 1. The van der Waals surface area contributed by atoms with Crippen molar-refractivity contribution in [1.82, 2.24) is 15.6 Å². The Hall–Kier alpha value is -2.22. The molecule has 0 amide bonds. The number of fused-ring (bicyclic) bond motifs is 1. The second kappa shape index (κ2) is 9.52. The number of nitrogens with one attached hydrogen (secondary N) is 2. The highest BCUT2D eigenvalue weighted by Gasteiger charge is 2.45. The average molecular weight is 504 g/mol. The fourth-order valence-corrected chi connectivity index (χ4v) is 3.64. The summed E-state index contributed by atoms with van der Waals surface area (Å²) in [7, 11) is 0. The number of pyridine rings is 1. The SMILES string of the molecule is CCNC(=NCc1nccc2ccccc12)NCC1(c2ccccc2F)CC1.I. The van der Waals surface area contributed by atoms with Crippen molar-refractivity contribution in [3.05, 3.63) is 77.9 Å². The number of aromatic nitrogens is 1. The van der Waals surface area contributed by atoms with Gasteiger partial charge in [0.25, 0.3) is 0 Å². The van der Waals surface area contributed by atoms with Crippen molar-refractivity contribution in [2.75, 3.05) is 13.1 Å². The number of benzene rings is 2. The fourth-order valence-electron chi connectivity index (χ4n) is 3.64. The lowest BCUT2D eigenvalue weighted by molar-refractivity contribution is 0.559. The second-order valence-corrected chi connectivity index (χ2v) is 7.29. The maximum atomic E-state index is 14.2. The third kappa shape index (κ3) is 4.86. The first-order chi connectivity index (χ1) is 13.7. The molecule has 1 fully saturated rings. The maximum absolute atomic E-state index is 14.2. The van der Waals surface area contributed by atoms with Gasteiger partial charge >= 0.3 is 0 Å². The summed E-state index contributed by atoms with van der Waals surface area (Å²) >= 11 is 0. The van der Waals surface area contributed by atoms with E-state index in [1.54, 1.807) is 12.1 Å². The van der Waals surface area contributed by atoms with Crippen molar-refractivity contribution < 1.29 is 4.39 Å². The Morgan fingerprint density at radius 1 is 1.07 bits per heavy atom. The molecule has 4 rings (SSSR count). The van der Waals surface area contributed by atoms with E-state index in [0.717, 1.165) is 47.4 Å². The molecule has 6 heteroatoms. The molecule has 29 heavy (non-hydrogen) atoms. The van der Waals surface area contributed by atoms with Crippen LogP contribution < -0.4 is 10.6 Å². The van der Waals surface area contributed by atoms with E-state index in [-0.39, 0.29) is 35.2 Å². The van der Waals surface area contributed by atoms with E-state index in [1.165, 1.54) is 0 Å². The molecule has 0 atom stereocenters. The topological polar surface area (TPSA) is 49.3 Å². The molecule has 1 aliphatic rings. The molecular weight excluding hydrogens is 478 g/mol. The first kappa shape index (κ1) is 21.5. The van der Waals surface area contributed by atoms with Gasteiger partial charge < -0.3 is 10.6 Å². The zero-order valence-corrected chi connectivity index (χ0v) is 18.8. The van der Waals surface area contributed by atoms with Crippen molar-refractivity contribution in [2.24, 2.45) is 4.99 Å². The van der Waals surface area contributed by atoms with Gasteiger partial charge in [0, 0.05) is 30.1 Å². The van der Waals surface area contributed by atoms with Crippen molar-refractivity contribution >= 4 is 40.7 Å². The molecule has 2 N–H and O–H groups in total. The molecule has 0 saturated heterocycles. The third-order valence-electron chi connectivity index (χ3n) is 5.38. The summed E-state index contributed by atoms with van der Waals surface area (Å²) in [5.41, 5.74) is 1.62. The molecule has 0 bridgehead atoms. The van der Waals surface area contributed by atoms with E-state index in [0.29, 0.717) is 13.1 Å². The highest BCUT2D eigenvalue weighted by molar-refractivity contribution is 14.0. The molecule has 0 aliphatic heterocycles. The molecule has 3 aromatic rings. The Labute approximate surface area is 188 Å². The largest absolute Gasteiger partial charge is 0.357 e. The van der Waals surface area contributed by atoms with Crippen LogP contribution in [0.5, 0.6) is 0 Å². The van der Waals surface area contributed by atoms with Crippen LogP contribution in [-0.2, 0) is 12.0 Å². The van der Waals surface area contributed by atoms with Crippen LogP contribution in [0.25, 0.3) is 10.8 Å². The van der Waals surface area contributed by atoms with Gasteiger partial charge in [-0.2, -0.15) is 0 Å². The molecular formula is C23H26FIN4. The van der Waals surface area contributed by atoms with Crippen LogP contribution in [0.1, 0.15) is 31.0 Å². The maximum Gasteiger partial charge on any atom is 0.191 e. The zero-order chi connectivity index (χ0) is 19.4. The quantitative estimate of drug-likeness (QED) is 0.289. The molecule has 4 nitrogen and oxygen atoms in total. The summed E-state index contributed by atoms with van der Waals surface area (Å²) in [5.74, 6) is 0.614. The molecule has 1 aliphatic carbocycles. The van der Waals surface area contributed by atoms with Crippen LogP contribution >= 0.6 is 24.0 Å². The minimum absolute atomic E-state index is 0. The van der Waals surface area contributed by atoms with Crippen LogP contribution in [0.15, 0.2) is 65.8 Å². The summed E-state index contributed by atoms with van der Waals surface area (Å²) in [6.07, 6.45) is 3.81. The Kier molecular flexibility index (Phi) is 7.05. The highest BCUT2D eigenvalue weighted by atomic mass is 127. The van der Waals surface area contributed by atoms with E-state index >= 15 is 0 Å². The smallest absolute Gasteiger partial charge is 0.191 e. The third-order valence-corrected chi connectivity index (χ3v) is 5.38. The number of hydrogen-bond acceptors (Lipinski definition) is 2. The number of rotatable bonds is 6. The Morgan fingerprint density at radius 2 is 1.83 bits per heavy atom. The number of hydrogen-bond donors (Lipinski definition) is 2. The van der Waals surface area contributed by atoms with Gasteiger partial charge in [0.15, 0.2) is 5.96 Å². The monoisotopic (exact) mass is 504 g/mol. The predicted molar refractivity (Wildman–Crippen MR) is 127 cm³/mol. The summed E-state index contributed by atoms with van der Waals surface area (Å²) in [5, 5.41) is 8.98. The van der Waals surface area contributed by atoms with Crippen LogP contribution in [0.2, 0.25) is 0 Å². The molecule has 0 unspecified atom stereocenters. The van der Waals surface area contributed by atoms with Gasteiger partial charge in [0.2, 0.25) is 0 Å². The molecule has 152 valence electrons. The van der Waals surface area contributed by atoms with Crippen LogP contribution in [0, 0.1) is 5.82 Å². The Bertz CT molecular complexity index is 996. The van der Waals surface area contributed by atoms with Crippen LogP contribution in [0.4, 0.5) is 4.39 Å². The Morgan fingerprint density at radius 3 is 2.59 bits per heavy atom. The summed E-state index contributed by atoms with van der Waals surface area (Å²) < 4.78 is 14.2. The van der Waals surface area contributed by atoms with E-state index in [9.17, 15) is 4.39 Å². The first-order valence-electron chi connectivity index (χ1n) is 9.82. The number of aliphatic imine (C=N–C) groups is 1. The van der Waals surface area contributed by atoms with Crippen molar-refractivity contribution in [1.29, 1.82) is 0 Å². The lowest BCUT2D eigenvalue weighted by atomic mass is 9.95. The standard InChI is InChI=1S/C23H25FN4.HI/c1-2-25-22(27-15-21-18-8-4-3-7-17(18)11-14-26-21)28-16-23(12-13-23)19-9-5-6-10-20(19)24;/h3-11,14H,2,12-13,15-16H2,1H3,(H2,25,27,28);1H. The first-order valence-corrected chi connectivity index (χ1v) is 9.82. The predicted octanol–water partition coefficient (Wildman–Crippen LogP) is 4.78. The van der Waals surface area contributed by atoms with Gasteiger partial charge in [-0.1, -0.05) is 42.5 Å². The van der Waals surface area contributed by atoms with Crippen LogP contribution in [-0.4, -0.2) is 24.0 Å². The van der Waals surface area contributed by atoms with Gasteiger partial charge in [0.05, 0.1) is 12.2 Å². The number of nitrogens with zero attached hydrogens (tertiary/aromatic N) is 2. The molecule has 1 heterocycles. The van der Waals surface area contributed by atoms with E-state index in [1.807, 2.05) is 43.5 Å². The minimum Gasteiger partial charge on any atom is -0.357 e. The fraction of sp³-hybridized carbons (Fsp3) is 0.304. The van der Waals surface area contributed by atoms with Gasteiger partial charge in [-0.05, 0) is 42.8 Å². The number of halogens is 2. The van der Waals surface area contributed by atoms with Gasteiger partial charge in [-0.15, -0.1) is 24.0 Å². The lowest BCUT2D eigenvalue weighted by Crippen LogP contribution is -2.41. The van der Waals surface area contributed by atoms with Gasteiger partial charge in [-0.25, -0.2) is 9.38 Å². The van der Waals surface area contributed by atoms with Gasteiger partial charge in [-0.3, -0.25) is 4.98 Å². The van der Waals surface area contributed by atoms with Crippen molar-refractivity contribution in [3.63, 3.8) is 0 Å². The molecule has 1 aromatic heterocycles. The van der Waals surface area contributed by atoms with Crippen LogP contribution in [0.3, 0.4) is 0 Å². The summed E-state index contributed by atoms with van der Waals surface area (Å²) in [6, 6.07) is 17.3. The Balaban J connectivity index is 0.00000240. The zero-order valence-electron chi connectivity index (χ0n) is 16.5. The molecule has 0 radical (unpaired) electrons. The summed E-state index contributed by atoms with van der Waals surface area (Å²) in [6.45, 7) is 3.96. The molecule has 0 spiro atoms. The van der Waals surface area contributed by atoms with Gasteiger partial charge in [0.1, 0.15) is 5.82 Å². The lowest BCUT2D eigenvalue weighted by Gasteiger charge is -2.19. The van der Waals surface area contributed by atoms with E-state index in [4.69, 9.17) is 4.99 Å². The van der Waals surface area contributed by atoms with E-state index in [2.05, 4.69) is 27.8 Å². The molecule has 2 aromatic carbocycles. The normalized spacial score (nSPS) is 14.9. The summed E-state index contributed by atoms with van der Waals surface area (Å²) in [4.78, 5) is 9.23. The average Bonchev–Trinajstić information content (AvgIpc) is 3.51. The second-order valence-electron chi connectivity index (χ2n) is 7.29.